The Labute approximate surface area is 276 Å². The van der Waals surface area contributed by atoms with Gasteiger partial charge in [-0.25, -0.2) is 0 Å². The van der Waals surface area contributed by atoms with Crippen LogP contribution in [-0.4, -0.2) is 22.6 Å². The first-order valence-corrected chi connectivity index (χ1v) is 16.0. The van der Waals surface area contributed by atoms with Crippen molar-refractivity contribution in [2.75, 3.05) is 0 Å². The van der Waals surface area contributed by atoms with E-state index < -0.39 is 0 Å². The lowest BCUT2D eigenvalue weighted by atomic mass is 9.91. The fourth-order valence-corrected chi connectivity index (χ4v) is 7.42. The van der Waals surface area contributed by atoms with E-state index in [-0.39, 0.29) is 11.5 Å². The quantitative estimate of drug-likeness (QED) is 0.170. The molecule has 0 aromatic heterocycles. The van der Waals surface area contributed by atoms with Crippen molar-refractivity contribution >= 4 is 109 Å². The van der Waals surface area contributed by atoms with Crippen LogP contribution in [0.25, 0.3) is 32.7 Å². The minimum atomic E-state index is 0.111. The summed E-state index contributed by atoms with van der Waals surface area (Å²) < 4.78 is 2.79. The molecule has 0 saturated heterocycles. The van der Waals surface area contributed by atoms with Gasteiger partial charge in [0.2, 0.25) is 0 Å². The summed E-state index contributed by atoms with van der Waals surface area (Å²) in [6.45, 7) is 0. The molecule has 0 bridgehead atoms. The maximum atomic E-state index is 10.7. The third-order valence-electron chi connectivity index (χ3n) is 6.86. The predicted molar refractivity (Wildman–Crippen MR) is 188 cm³/mol. The van der Waals surface area contributed by atoms with E-state index in [1.165, 1.54) is 0 Å². The smallest absolute Gasteiger partial charge is 0.138 e. The van der Waals surface area contributed by atoms with Crippen molar-refractivity contribution in [2.24, 2.45) is 9.98 Å². The van der Waals surface area contributed by atoms with Crippen LogP contribution in [0.5, 0.6) is 11.5 Å². The van der Waals surface area contributed by atoms with Gasteiger partial charge in [0, 0.05) is 43.6 Å². The Morgan fingerprint density at radius 1 is 0.500 bits per heavy atom. The Morgan fingerprint density at radius 3 is 1.33 bits per heavy atom. The van der Waals surface area contributed by atoms with Gasteiger partial charge in [-0.3, -0.25) is 9.98 Å². The first-order chi connectivity index (χ1) is 20.3. The number of aromatic hydroxyl groups is 2. The molecule has 0 saturated carbocycles. The van der Waals surface area contributed by atoms with Crippen LogP contribution >= 0.6 is 63.7 Å². The van der Waals surface area contributed by atoms with Gasteiger partial charge in [-0.05, 0) is 89.8 Å². The van der Waals surface area contributed by atoms with Crippen LogP contribution < -0.4 is 0 Å². The molecule has 0 fully saturated rings. The lowest BCUT2D eigenvalue weighted by Crippen LogP contribution is -1.90. The van der Waals surface area contributed by atoms with E-state index in [2.05, 4.69) is 88.0 Å². The first kappa shape index (κ1) is 28.8. The highest BCUT2D eigenvalue weighted by atomic mass is 79.9. The second kappa shape index (κ2) is 12.1. The molecule has 0 aliphatic carbocycles. The molecule has 2 N–H and O–H groups in total. The van der Waals surface area contributed by atoms with E-state index in [0.717, 1.165) is 53.0 Å². The number of rotatable bonds is 5. The summed E-state index contributed by atoms with van der Waals surface area (Å²) in [7, 11) is 0. The molecule has 42 heavy (non-hydrogen) atoms. The van der Waals surface area contributed by atoms with E-state index >= 15 is 0 Å². The van der Waals surface area contributed by atoms with Gasteiger partial charge in [0.1, 0.15) is 11.5 Å². The summed E-state index contributed by atoms with van der Waals surface area (Å²) in [6.07, 6.45) is 3.34. The molecule has 0 unspecified atom stereocenters. The number of hydrogen-bond donors (Lipinski definition) is 2. The number of halogens is 4. The van der Waals surface area contributed by atoms with E-state index in [1.54, 1.807) is 24.6 Å². The first-order valence-electron chi connectivity index (χ1n) is 12.8. The van der Waals surface area contributed by atoms with Crippen LogP contribution in [0.4, 0.5) is 11.4 Å². The van der Waals surface area contributed by atoms with Gasteiger partial charge >= 0.3 is 0 Å². The molecule has 0 amide bonds. The molecule has 0 spiro atoms. The molecule has 8 heteroatoms. The Hall–Kier alpha value is -3.30. The van der Waals surface area contributed by atoms with Crippen LogP contribution in [-0.2, 0) is 0 Å². The Morgan fingerprint density at radius 2 is 0.905 bits per heavy atom. The number of nitrogens with zero attached hydrogens (tertiary/aromatic N) is 2. The van der Waals surface area contributed by atoms with Crippen molar-refractivity contribution in [1.82, 2.24) is 0 Å². The summed E-state index contributed by atoms with van der Waals surface area (Å²) in [5.74, 6) is 0.222. The highest BCUT2D eigenvalue weighted by Gasteiger charge is 2.17. The zero-order chi connectivity index (χ0) is 29.4. The molecular weight excluding hydrogens is 788 g/mol. The maximum Gasteiger partial charge on any atom is 0.138 e. The number of phenols is 2. The monoisotopic (exact) mass is 804 g/mol. The van der Waals surface area contributed by atoms with E-state index in [4.69, 9.17) is 9.98 Å². The largest absolute Gasteiger partial charge is 0.506 e. The van der Waals surface area contributed by atoms with Gasteiger partial charge in [0.05, 0.1) is 20.3 Å². The molecule has 6 rings (SSSR count). The average molecular weight is 808 g/mol. The Bertz CT molecular complexity index is 1920. The molecule has 0 aliphatic heterocycles. The fourth-order valence-electron chi connectivity index (χ4n) is 4.91. The SMILES string of the molecule is Oc1c(Br)cc(Br)cc1C=Nc1ccc2ccccc2c1-c1c(N=Cc2cc(Br)cc(Br)c2O)ccc2ccccc12. The third kappa shape index (κ3) is 5.69. The molecule has 0 heterocycles. The number of phenolic OH excluding ortho intramolecular Hbond substituents is 2. The molecule has 6 aromatic carbocycles. The lowest BCUT2D eigenvalue weighted by Gasteiger charge is -2.16. The summed E-state index contributed by atoms with van der Waals surface area (Å²) >= 11 is 13.8. The van der Waals surface area contributed by atoms with Gasteiger partial charge in [-0.2, -0.15) is 0 Å². The summed E-state index contributed by atoms with van der Waals surface area (Å²) in [6, 6.07) is 31.7. The maximum absolute atomic E-state index is 10.7. The van der Waals surface area contributed by atoms with Crippen LogP contribution in [0.3, 0.4) is 0 Å². The van der Waals surface area contributed by atoms with Gasteiger partial charge in [-0.15, -0.1) is 0 Å². The number of benzene rings is 6. The van der Waals surface area contributed by atoms with Crippen LogP contribution in [0.1, 0.15) is 11.1 Å². The Balaban J connectivity index is 1.63. The van der Waals surface area contributed by atoms with Gasteiger partial charge in [0.15, 0.2) is 0 Å². The minimum Gasteiger partial charge on any atom is -0.506 e. The zero-order valence-corrected chi connectivity index (χ0v) is 28.0. The average Bonchev–Trinajstić information content (AvgIpc) is 2.98. The van der Waals surface area contributed by atoms with Crippen molar-refractivity contribution < 1.29 is 10.2 Å². The second-order valence-electron chi connectivity index (χ2n) is 9.53. The molecular formula is C34H20Br4N2O2. The number of fused-ring (bicyclic) bond motifs is 2. The van der Waals surface area contributed by atoms with Crippen LogP contribution in [0, 0.1) is 0 Å². The van der Waals surface area contributed by atoms with Crippen molar-refractivity contribution in [3.63, 3.8) is 0 Å². The highest BCUT2D eigenvalue weighted by Crippen LogP contribution is 2.46. The number of aliphatic imine (C=N–C) groups is 2. The lowest BCUT2D eigenvalue weighted by molar-refractivity contribution is 0.470. The molecule has 4 nitrogen and oxygen atoms in total. The van der Waals surface area contributed by atoms with Gasteiger partial charge in [-0.1, -0.05) is 92.5 Å². The predicted octanol–water partition coefficient (Wildman–Crippen LogP) is 11.6. The highest BCUT2D eigenvalue weighted by molar-refractivity contribution is 9.11. The van der Waals surface area contributed by atoms with Crippen LogP contribution in [0.2, 0.25) is 0 Å². The van der Waals surface area contributed by atoms with E-state index in [1.807, 2.05) is 60.7 Å². The summed E-state index contributed by atoms with van der Waals surface area (Å²) in [5, 5.41) is 25.5. The normalized spacial score (nSPS) is 11.8. The van der Waals surface area contributed by atoms with Crippen molar-refractivity contribution in [1.29, 1.82) is 0 Å². The molecule has 6 aromatic rings. The summed E-state index contributed by atoms with van der Waals surface area (Å²) in [4.78, 5) is 9.84. The molecule has 0 atom stereocenters. The second-order valence-corrected chi connectivity index (χ2v) is 13.1. The van der Waals surface area contributed by atoms with E-state index in [9.17, 15) is 10.2 Å². The molecule has 206 valence electrons. The van der Waals surface area contributed by atoms with Gasteiger partial charge < -0.3 is 10.2 Å². The minimum absolute atomic E-state index is 0.111. The molecule has 0 aliphatic rings. The fraction of sp³-hybridized carbons (Fsp3) is 0. The standard InChI is InChI=1S/C34H20Br4N2O2/c35-23-13-21(33(41)27(37)15-23)17-39-29-11-9-19-5-1-3-7-25(19)31(29)32-26-8-4-2-6-20(26)10-12-30(32)40-18-22-14-24(36)16-28(38)34(22)42/h1-18,41-42H. The van der Waals surface area contributed by atoms with Crippen molar-refractivity contribution in [3.05, 3.63) is 126 Å². The van der Waals surface area contributed by atoms with Crippen LogP contribution in [0.15, 0.2) is 125 Å². The third-order valence-corrected chi connectivity index (χ3v) is 8.99. The van der Waals surface area contributed by atoms with E-state index in [0.29, 0.717) is 20.1 Å². The number of hydrogen-bond acceptors (Lipinski definition) is 4. The zero-order valence-electron chi connectivity index (χ0n) is 21.7. The van der Waals surface area contributed by atoms with Crippen molar-refractivity contribution in [2.45, 2.75) is 0 Å². The summed E-state index contributed by atoms with van der Waals surface area (Å²) in [5.41, 5.74) is 4.43. The molecule has 0 radical (unpaired) electrons. The van der Waals surface area contributed by atoms with Gasteiger partial charge in [0.25, 0.3) is 0 Å². The van der Waals surface area contributed by atoms with Crippen molar-refractivity contribution in [3.8, 4) is 22.6 Å². The topological polar surface area (TPSA) is 65.2 Å². The Kier molecular flexibility index (Phi) is 8.32.